The third-order valence-corrected chi connectivity index (χ3v) is 2.90. The smallest absolute Gasteiger partial charge is 0.368 e. The van der Waals surface area contributed by atoms with Gasteiger partial charge in [0.25, 0.3) is 0 Å². The number of likely N-dealkylation sites (tertiary alicyclic amines) is 1. The topological polar surface area (TPSA) is 84.1 Å². The number of carbonyl (C=O) groups is 1. The number of anilines is 2. The molecule has 1 aromatic rings. The first-order valence-electron chi connectivity index (χ1n) is 5.67. The number of rotatable bonds is 3. The van der Waals surface area contributed by atoms with Crippen LogP contribution in [0.25, 0.3) is 0 Å². The second-order valence-electron chi connectivity index (χ2n) is 4.29. The summed E-state index contributed by atoms with van der Waals surface area (Å²) in [4.78, 5) is 20.0. The van der Waals surface area contributed by atoms with Crippen molar-refractivity contribution in [2.45, 2.75) is 18.6 Å². The Kier molecular flexibility index (Phi) is 3.89. The molecular formula is C10H11ClF3N5O. The number of carbonyl (C=O) groups excluding carboxylic acids is 1. The number of amides is 1. The minimum absolute atomic E-state index is 0.0321. The van der Waals surface area contributed by atoms with E-state index < -0.39 is 24.7 Å². The van der Waals surface area contributed by atoms with Crippen molar-refractivity contribution in [3.63, 3.8) is 0 Å². The monoisotopic (exact) mass is 309 g/mol. The number of nitrogen functional groups attached to an aromatic ring is 1. The van der Waals surface area contributed by atoms with E-state index >= 15 is 0 Å². The van der Waals surface area contributed by atoms with E-state index in [1.807, 2.05) is 0 Å². The molecule has 0 aromatic carbocycles. The number of nitrogens with zero attached hydrogens (tertiary/aromatic N) is 3. The standard InChI is InChI=1S/C10H11ClF3N5O/c11-6-3-7(18-9(15)17-6)16-5-1-2-19(8(5)20)4-10(12,13)14/h3,5H,1-2,4H2,(H3,15,16,17,18). The maximum absolute atomic E-state index is 12.3. The fourth-order valence-corrected chi connectivity index (χ4v) is 2.12. The fraction of sp³-hybridized carbons (Fsp3) is 0.500. The van der Waals surface area contributed by atoms with E-state index in [1.54, 1.807) is 0 Å². The lowest BCUT2D eigenvalue weighted by Crippen LogP contribution is -2.39. The van der Waals surface area contributed by atoms with Crippen molar-refractivity contribution in [1.82, 2.24) is 14.9 Å². The first-order valence-corrected chi connectivity index (χ1v) is 6.04. The van der Waals surface area contributed by atoms with Gasteiger partial charge in [0.05, 0.1) is 0 Å². The van der Waals surface area contributed by atoms with Crippen LogP contribution in [0.5, 0.6) is 0 Å². The lowest BCUT2D eigenvalue weighted by molar-refractivity contribution is -0.157. The van der Waals surface area contributed by atoms with Gasteiger partial charge in [-0.3, -0.25) is 4.79 Å². The molecule has 0 radical (unpaired) electrons. The molecule has 6 nitrogen and oxygen atoms in total. The van der Waals surface area contributed by atoms with E-state index in [9.17, 15) is 18.0 Å². The van der Waals surface area contributed by atoms with E-state index in [-0.39, 0.29) is 29.9 Å². The van der Waals surface area contributed by atoms with Crippen molar-refractivity contribution >= 4 is 29.3 Å². The zero-order valence-electron chi connectivity index (χ0n) is 10.1. The van der Waals surface area contributed by atoms with Gasteiger partial charge in [0, 0.05) is 12.6 Å². The van der Waals surface area contributed by atoms with E-state index in [1.165, 1.54) is 6.07 Å². The Morgan fingerprint density at radius 2 is 2.20 bits per heavy atom. The summed E-state index contributed by atoms with van der Waals surface area (Å²) in [6.07, 6.45) is -4.16. The number of hydrogen-bond donors (Lipinski definition) is 2. The van der Waals surface area contributed by atoms with Gasteiger partial charge in [-0.25, -0.2) is 4.98 Å². The summed E-state index contributed by atoms with van der Waals surface area (Å²) in [5.74, 6) is -0.511. The maximum Gasteiger partial charge on any atom is 0.406 e. The first kappa shape index (κ1) is 14.6. The third-order valence-electron chi connectivity index (χ3n) is 2.70. The van der Waals surface area contributed by atoms with Gasteiger partial charge in [0.2, 0.25) is 11.9 Å². The minimum Gasteiger partial charge on any atom is -0.368 e. The largest absolute Gasteiger partial charge is 0.406 e. The molecule has 1 amide bonds. The predicted molar refractivity (Wildman–Crippen MR) is 66.1 cm³/mol. The number of nitrogens with one attached hydrogen (secondary N) is 1. The van der Waals surface area contributed by atoms with Gasteiger partial charge in [0.15, 0.2) is 0 Å². The zero-order valence-corrected chi connectivity index (χ0v) is 10.9. The normalized spacial score (nSPS) is 19.5. The Morgan fingerprint density at radius 3 is 2.80 bits per heavy atom. The molecule has 3 N–H and O–H groups in total. The van der Waals surface area contributed by atoms with Gasteiger partial charge in [0.1, 0.15) is 23.6 Å². The van der Waals surface area contributed by atoms with Crippen LogP contribution >= 0.6 is 11.6 Å². The van der Waals surface area contributed by atoms with Crippen LogP contribution in [0.3, 0.4) is 0 Å². The van der Waals surface area contributed by atoms with Gasteiger partial charge in [-0.2, -0.15) is 18.2 Å². The average Bonchev–Trinajstić information content (AvgIpc) is 2.58. The summed E-state index contributed by atoms with van der Waals surface area (Å²) < 4.78 is 36.8. The van der Waals surface area contributed by atoms with Crippen LogP contribution in [0.4, 0.5) is 24.9 Å². The Hall–Kier alpha value is -1.77. The number of aromatic nitrogens is 2. The summed E-state index contributed by atoms with van der Waals surface area (Å²) in [5, 5.41) is 2.80. The molecule has 110 valence electrons. The molecule has 0 saturated carbocycles. The molecule has 2 heterocycles. The van der Waals surface area contributed by atoms with Crippen LogP contribution in [-0.4, -0.2) is 46.1 Å². The Labute approximate surface area is 117 Å². The van der Waals surface area contributed by atoms with Crippen molar-refractivity contribution in [2.75, 3.05) is 24.1 Å². The lowest BCUT2D eigenvalue weighted by atomic mass is 10.2. The molecule has 20 heavy (non-hydrogen) atoms. The molecule has 0 bridgehead atoms. The highest BCUT2D eigenvalue weighted by Gasteiger charge is 2.39. The quantitative estimate of drug-likeness (QED) is 0.822. The molecule has 1 unspecified atom stereocenters. The number of nitrogens with two attached hydrogens (primary N) is 1. The average molecular weight is 310 g/mol. The summed E-state index contributed by atoms with van der Waals surface area (Å²) in [6.45, 7) is -1.22. The van der Waals surface area contributed by atoms with Crippen molar-refractivity contribution in [2.24, 2.45) is 0 Å². The summed E-state index contributed by atoms with van der Waals surface area (Å²) in [7, 11) is 0. The summed E-state index contributed by atoms with van der Waals surface area (Å²) in [5.41, 5.74) is 5.39. The molecule has 1 aromatic heterocycles. The molecule has 2 rings (SSSR count). The second kappa shape index (κ2) is 5.31. The lowest BCUT2D eigenvalue weighted by Gasteiger charge is -2.18. The predicted octanol–water partition coefficient (Wildman–Crippen LogP) is 1.29. The highest BCUT2D eigenvalue weighted by atomic mass is 35.5. The van der Waals surface area contributed by atoms with Gasteiger partial charge in [-0.05, 0) is 6.42 Å². The van der Waals surface area contributed by atoms with E-state index in [0.29, 0.717) is 0 Å². The van der Waals surface area contributed by atoms with Crippen LogP contribution in [0.2, 0.25) is 5.15 Å². The highest BCUT2D eigenvalue weighted by molar-refractivity contribution is 6.29. The third kappa shape index (κ3) is 3.62. The second-order valence-corrected chi connectivity index (χ2v) is 4.68. The Morgan fingerprint density at radius 1 is 1.50 bits per heavy atom. The van der Waals surface area contributed by atoms with Crippen LogP contribution in [0.15, 0.2) is 6.07 Å². The van der Waals surface area contributed by atoms with Crippen LogP contribution in [0, 0.1) is 0 Å². The highest BCUT2D eigenvalue weighted by Crippen LogP contribution is 2.23. The van der Waals surface area contributed by atoms with Crippen LogP contribution in [0.1, 0.15) is 6.42 Å². The molecule has 0 aliphatic carbocycles. The Balaban J connectivity index is 2.03. The summed E-state index contributed by atoms with van der Waals surface area (Å²) in [6, 6.07) is 0.570. The molecule has 1 atom stereocenters. The Bertz CT molecular complexity index is 504. The molecule has 1 fully saturated rings. The fourth-order valence-electron chi connectivity index (χ4n) is 1.93. The molecule has 0 spiro atoms. The van der Waals surface area contributed by atoms with E-state index in [0.717, 1.165) is 4.90 Å². The van der Waals surface area contributed by atoms with Gasteiger partial charge < -0.3 is 16.0 Å². The van der Waals surface area contributed by atoms with Crippen molar-refractivity contribution in [3.05, 3.63) is 11.2 Å². The zero-order chi connectivity index (χ0) is 14.9. The molecular weight excluding hydrogens is 299 g/mol. The molecule has 1 saturated heterocycles. The van der Waals surface area contributed by atoms with Crippen molar-refractivity contribution in [1.29, 1.82) is 0 Å². The number of halogens is 4. The number of alkyl halides is 3. The minimum atomic E-state index is -4.41. The molecule has 1 aliphatic rings. The maximum atomic E-state index is 12.3. The van der Waals surface area contributed by atoms with Gasteiger partial charge in [-0.1, -0.05) is 11.6 Å². The van der Waals surface area contributed by atoms with E-state index in [2.05, 4.69) is 15.3 Å². The van der Waals surface area contributed by atoms with E-state index in [4.69, 9.17) is 17.3 Å². The van der Waals surface area contributed by atoms with Crippen LogP contribution in [-0.2, 0) is 4.79 Å². The molecule has 10 heteroatoms. The van der Waals surface area contributed by atoms with Crippen molar-refractivity contribution in [3.8, 4) is 0 Å². The molecule has 1 aliphatic heterocycles. The van der Waals surface area contributed by atoms with Crippen LogP contribution < -0.4 is 11.1 Å². The van der Waals surface area contributed by atoms with Gasteiger partial charge >= 0.3 is 6.18 Å². The SMILES string of the molecule is Nc1nc(Cl)cc(NC2CCN(CC(F)(F)F)C2=O)n1. The summed E-state index contributed by atoms with van der Waals surface area (Å²) >= 11 is 5.67. The van der Waals surface area contributed by atoms with Crippen molar-refractivity contribution < 1.29 is 18.0 Å². The van der Waals surface area contributed by atoms with Gasteiger partial charge in [-0.15, -0.1) is 0 Å². The first-order chi connectivity index (χ1) is 9.24. The number of hydrogen-bond acceptors (Lipinski definition) is 5.